The molecule has 0 fully saturated rings. The highest BCUT2D eigenvalue weighted by molar-refractivity contribution is 7.13. The van der Waals surface area contributed by atoms with Gasteiger partial charge in [0.2, 0.25) is 0 Å². The highest BCUT2D eigenvalue weighted by Gasteiger charge is 2.36. The zero-order valence-corrected chi connectivity index (χ0v) is 11.9. The number of rotatable bonds is 1. The van der Waals surface area contributed by atoms with Crippen LogP contribution in [0, 0.1) is 6.92 Å². The quantitative estimate of drug-likeness (QED) is 0.633. The molecule has 1 heteroatoms. The first-order chi connectivity index (χ1) is 7.34. The van der Waals surface area contributed by atoms with Crippen LogP contribution in [0.3, 0.4) is 0 Å². The Labute approximate surface area is 103 Å². The van der Waals surface area contributed by atoms with Gasteiger partial charge in [0.05, 0.1) is 0 Å². The molecule has 0 N–H and O–H groups in total. The van der Waals surface area contributed by atoms with Gasteiger partial charge in [-0.2, -0.15) is 0 Å². The molecular formula is C15H20S. The average Bonchev–Trinajstić information content (AvgIpc) is 2.61. The van der Waals surface area contributed by atoms with E-state index in [4.69, 9.17) is 0 Å². The van der Waals surface area contributed by atoms with Gasteiger partial charge in [-0.25, -0.2) is 0 Å². The molecule has 0 aliphatic heterocycles. The summed E-state index contributed by atoms with van der Waals surface area (Å²) in [4.78, 5) is 2.92. The van der Waals surface area contributed by atoms with Crippen LogP contribution in [0.1, 0.15) is 49.9 Å². The van der Waals surface area contributed by atoms with Crippen LogP contribution in [-0.4, -0.2) is 0 Å². The second-order valence-corrected chi connectivity index (χ2v) is 6.74. The van der Waals surface area contributed by atoms with Gasteiger partial charge in [-0.1, -0.05) is 25.5 Å². The van der Waals surface area contributed by atoms with Gasteiger partial charge in [0.15, 0.2) is 0 Å². The standard InChI is InChI=1S/C15H20S/c1-9(2)7-12-11(4)14-13(15(12,5)6)8-10(3)16-14/h7-8H,1-6H3. The summed E-state index contributed by atoms with van der Waals surface area (Å²) in [5.41, 5.74) is 6.05. The fourth-order valence-electron chi connectivity index (χ4n) is 2.57. The van der Waals surface area contributed by atoms with Crippen LogP contribution in [0.15, 0.2) is 23.3 Å². The molecule has 0 amide bonds. The van der Waals surface area contributed by atoms with E-state index in [9.17, 15) is 0 Å². The summed E-state index contributed by atoms with van der Waals surface area (Å²) in [6.45, 7) is 13.5. The lowest BCUT2D eigenvalue weighted by Crippen LogP contribution is -2.15. The van der Waals surface area contributed by atoms with Crippen LogP contribution in [0.4, 0.5) is 0 Å². The van der Waals surface area contributed by atoms with E-state index in [1.165, 1.54) is 32.0 Å². The Morgan fingerprint density at radius 3 is 2.38 bits per heavy atom. The Balaban J connectivity index is 2.65. The van der Waals surface area contributed by atoms with E-state index in [1.54, 1.807) is 0 Å². The fourth-order valence-corrected chi connectivity index (χ4v) is 3.76. The van der Waals surface area contributed by atoms with Gasteiger partial charge in [-0.05, 0) is 50.5 Å². The Bertz CT molecular complexity index is 492. The molecule has 1 aliphatic rings. The lowest BCUT2D eigenvalue weighted by molar-refractivity contribution is 0.654. The number of fused-ring (bicyclic) bond motifs is 1. The van der Waals surface area contributed by atoms with Crippen molar-refractivity contribution < 1.29 is 0 Å². The Morgan fingerprint density at radius 1 is 1.25 bits per heavy atom. The summed E-state index contributed by atoms with van der Waals surface area (Å²) in [5, 5.41) is 0. The molecule has 0 aromatic carbocycles. The lowest BCUT2D eigenvalue weighted by atomic mass is 9.81. The fraction of sp³-hybridized carbons (Fsp3) is 0.467. The number of hydrogen-bond acceptors (Lipinski definition) is 1. The van der Waals surface area contributed by atoms with Crippen LogP contribution < -0.4 is 0 Å². The van der Waals surface area contributed by atoms with Crippen molar-refractivity contribution in [3.63, 3.8) is 0 Å². The first-order valence-corrected chi connectivity index (χ1v) is 6.63. The van der Waals surface area contributed by atoms with Crippen molar-refractivity contribution in [2.24, 2.45) is 0 Å². The Hall–Kier alpha value is -0.820. The van der Waals surface area contributed by atoms with Gasteiger partial charge in [-0.15, -0.1) is 11.3 Å². The molecule has 2 rings (SSSR count). The van der Waals surface area contributed by atoms with E-state index in [1.807, 2.05) is 11.3 Å². The molecule has 0 atom stereocenters. The SMILES string of the molecule is CC(C)=CC1=C(C)c2sc(C)cc2C1(C)C. The van der Waals surface area contributed by atoms with E-state index >= 15 is 0 Å². The van der Waals surface area contributed by atoms with Crippen molar-refractivity contribution in [2.45, 2.75) is 47.0 Å². The summed E-state index contributed by atoms with van der Waals surface area (Å²) >= 11 is 1.93. The molecular weight excluding hydrogens is 212 g/mol. The van der Waals surface area contributed by atoms with E-state index in [-0.39, 0.29) is 5.41 Å². The van der Waals surface area contributed by atoms with Crippen molar-refractivity contribution in [3.05, 3.63) is 38.6 Å². The largest absolute Gasteiger partial charge is 0.141 e. The highest BCUT2D eigenvalue weighted by atomic mass is 32.1. The number of thiophene rings is 1. The average molecular weight is 232 g/mol. The molecule has 16 heavy (non-hydrogen) atoms. The highest BCUT2D eigenvalue weighted by Crippen LogP contribution is 2.50. The molecule has 0 spiro atoms. The van der Waals surface area contributed by atoms with Crippen LogP contribution in [-0.2, 0) is 5.41 Å². The molecule has 1 aromatic rings. The molecule has 1 aliphatic carbocycles. The minimum absolute atomic E-state index is 0.182. The molecule has 0 radical (unpaired) electrons. The summed E-state index contributed by atoms with van der Waals surface area (Å²) in [6, 6.07) is 2.36. The minimum atomic E-state index is 0.182. The monoisotopic (exact) mass is 232 g/mol. The molecule has 0 unspecified atom stereocenters. The van der Waals surface area contributed by atoms with Gasteiger partial charge < -0.3 is 0 Å². The van der Waals surface area contributed by atoms with Crippen LogP contribution in [0.2, 0.25) is 0 Å². The van der Waals surface area contributed by atoms with Crippen LogP contribution in [0.5, 0.6) is 0 Å². The maximum Gasteiger partial charge on any atom is 0.0346 e. The van der Waals surface area contributed by atoms with Gasteiger partial charge in [-0.3, -0.25) is 0 Å². The van der Waals surface area contributed by atoms with Crippen molar-refractivity contribution in [1.29, 1.82) is 0 Å². The lowest BCUT2D eigenvalue weighted by Gasteiger charge is -2.22. The zero-order valence-electron chi connectivity index (χ0n) is 11.1. The van der Waals surface area contributed by atoms with Crippen molar-refractivity contribution in [1.82, 2.24) is 0 Å². The van der Waals surface area contributed by atoms with E-state index in [0.717, 1.165) is 0 Å². The third-order valence-corrected chi connectivity index (χ3v) is 4.55. The van der Waals surface area contributed by atoms with Gasteiger partial charge in [0.25, 0.3) is 0 Å². The summed E-state index contributed by atoms with van der Waals surface area (Å²) in [6.07, 6.45) is 2.34. The molecule has 0 saturated heterocycles. The maximum absolute atomic E-state index is 2.36. The third kappa shape index (κ3) is 1.58. The predicted octanol–water partition coefficient (Wildman–Crippen LogP) is 5.09. The van der Waals surface area contributed by atoms with E-state index < -0.39 is 0 Å². The Morgan fingerprint density at radius 2 is 1.88 bits per heavy atom. The first kappa shape index (κ1) is 11.7. The second kappa shape index (κ2) is 3.59. The molecule has 0 bridgehead atoms. The van der Waals surface area contributed by atoms with Crippen molar-refractivity contribution in [2.75, 3.05) is 0 Å². The smallest absolute Gasteiger partial charge is 0.0346 e. The van der Waals surface area contributed by atoms with Crippen molar-refractivity contribution >= 4 is 16.9 Å². The first-order valence-electron chi connectivity index (χ1n) is 5.81. The predicted molar refractivity (Wildman–Crippen MR) is 74.1 cm³/mol. The zero-order chi connectivity index (χ0) is 12.1. The Kier molecular flexibility index (Phi) is 2.62. The van der Waals surface area contributed by atoms with E-state index in [0.29, 0.717) is 0 Å². The molecule has 86 valence electrons. The van der Waals surface area contributed by atoms with Crippen LogP contribution in [0.25, 0.3) is 5.57 Å². The number of hydrogen-bond donors (Lipinski definition) is 0. The topological polar surface area (TPSA) is 0 Å². The van der Waals surface area contributed by atoms with Gasteiger partial charge in [0, 0.05) is 15.2 Å². The normalized spacial score (nSPS) is 17.6. The summed E-state index contributed by atoms with van der Waals surface area (Å²) in [5.74, 6) is 0. The number of allylic oxidation sites excluding steroid dienone is 4. The van der Waals surface area contributed by atoms with Crippen LogP contribution >= 0.6 is 11.3 Å². The van der Waals surface area contributed by atoms with Gasteiger partial charge >= 0.3 is 0 Å². The molecule has 1 heterocycles. The molecule has 0 saturated carbocycles. The number of aryl methyl sites for hydroxylation is 1. The molecule has 1 aromatic heterocycles. The van der Waals surface area contributed by atoms with E-state index in [2.05, 4.69) is 53.7 Å². The van der Waals surface area contributed by atoms with Crippen molar-refractivity contribution in [3.8, 4) is 0 Å². The minimum Gasteiger partial charge on any atom is -0.141 e. The summed E-state index contributed by atoms with van der Waals surface area (Å²) < 4.78 is 0. The van der Waals surface area contributed by atoms with Gasteiger partial charge in [0.1, 0.15) is 0 Å². The second-order valence-electron chi connectivity index (χ2n) is 5.49. The third-order valence-electron chi connectivity index (χ3n) is 3.38. The summed E-state index contributed by atoms with van der Waals surface area (Å²) in [7, 11) is 0. The maximum atomic E-state index is 2.36. The molecule has 0 nitrogen and oxygen atoms in total.